The third kappa shape index (κ3) is 5.68. The van der Waals surface area contributed by atoms with E-state index in [1.165, 1.54) is 9.80 Å². The molecule has 0 aliphatic carbocycles. The largest absolute Gasteiger partial charge is 0.347 e. The molecule has 0 saturated carbocycles. The molecule has 0 heterocycles. The van der Waals surface area contributed by atoms with Crippen molar-refractivity contribution in [3.05, 3.63) is 0 Å². The molecular weight excluding hydrogens is 218 g/mol. The Morgan fingerprint density at radius 2 is 1.82 bits per heavy atom. The lowest BCUT2D eigenvalue weighted by molar-refractivity contribution is -0.139. The van der Waals surface area contributed by atoms with Crippen molar-refractivity contribution in [3.63, 3.8) is 0 Å². The quantitative estimate of drug-likeness (QED) is 0.705. The van der Waals surface area contributed by atoms with Gasteiger partial charge in [-0.1, -0.05) is 19.8 Å². The van der Waals surface area contributed by atoms with Crippen LogP contribution in [0.5, 0.6) is 0 Å². The molecule has 0 saturated heterocycles. The first-order valence-electron chi connectivity index (χ1n) is 6.18. The third-order valence-electron chi connectivity index (χ3n) is 2.70. The second-order valence-electron chi connectivity index (χ2n) is 4.39. The molecule has 0 radical (unpaired) electrons. The number of rotatable bonds is 7. The van der Waals surface area contributed by atoms with Crippen LogP contribution in [0.15, 0.2) is 0 Å². The number of hydrogen-bond donors (Lipinski definition) is 1. The molecule has 0 fully saturated rings. The van der Waals surface area contributed by atoms with Crippen LogP contribution in [-0.2, 0) is 9.59 Å². The lowest BCUT2D eigenvalue weighted by atomic mass is 10.1. The first-order chi connectivity index (χ1) is 7.93. The lowest BCUT2D eigenvalue weighted by Gasteiger charge is -2.25. The average Bonchev–Trinajstić information content (AvgIpc) is 2.31. The van der Waals surface area contributed by atoms with Gasteiger partial charge in [0.1, 0.15) is 0 Å². The molecule has 0 aromatic heterocycles. The summed E-state index contributed by atoms with van der Waals surface area (Å²) in [6, 6.07) is -0.482. The Morgan fingerprint density at radius 1 is 1.24 bits per heavy atom. The van der Waals surface area contributed by atoms with Crippen LogP contribution in [-0.4, -0.2) is 54.8 Å². The number of nitrogens with zero attached hydrogens (tertiary/aromatic N) is 2. The van der Waals surface area contributed by atoms with E-state index in [0.717, 1.165) is 12.8 Å². The number of unbranched alkanes of at least 4 members (excludes halogenated alkanes) is 1. The van der Waals surface area contributed by atoms with Crippen LogP contribution in [0.3, 0.4) is 0 Å². The summed E-state index contributed by atoms with van der Waals surface area (Å²) in [6.07, 6.45) is 2.64. The molecule has 1 unspecified atom stereocenters. The highest BCUT2D eigenvalue weighted by Gasteiger charge is 2.21. The van der Waals surface area contributed by atoms with Gasteiger partial charge in [0, 0.05) is 20.6 Å². The number of likely N-dealkylation sites (N-methyl/N-ethyl adjacent to an activating group) is 2. The van der Waals surface area contributed by atoms with E-state index in [-0.39, 0.29) is 18.4 Å². The third-order valence-corrected chi connectivity index (χ3v) is 2.70. The summed E-state index contributed by atoms with van der Waals surface area (Å²) in [4.78, 5) is 26.5. The van der Waals surface area contributed by atoms with Crippen LogP contribution >= 0.6 is 0 Å². The van der Waals surface area contributed by atoms with Gasteiger partial charge >= 0.3 is 0 Å². The Morgan fingerprint density at radius 3 is 2.24 bits per heavy atom. The summed E-state index contributed by atoms with van der Waals surface area (Å²) in [7, 11) is 3.36. The zero-order valence-corrected chi connectivity index (χ0v) is 11.4. The summed E-state index contributed by atoms with van der Waals surface area (Å²) in [6.45, 7) is 4.54. The Balaban J connectivity index is 4.34. The fourth-order valence-corrected chi connectivity index (χ4v) is 1.43. The van der Waals surface area contributed by atoms with Crippen molar-refractivity contribution in [2.75, 3.05) is 27.2 Å². The minimum Gasteiger partial charge on any atom is -0.347 e. The molecule has 2 N–H and O–H groups in total. The van der Waals surface area contributed by atoms with Gasteiger partial charge < -0.3 is 15.5 Å². The van der Waals surface area contributed by atoms with Gasteiger partial charge in [-0.25, -0.2) is 0 Å². The molecule has 0 rings (SSSR count). The maximum absolute atomic E-state index is 12.0. The first-order valence-corrected chi connectivity index (χ1v) is 6.18. The van der Waals surface area contributed by atoms with Crippen LogP contribution in [0.4, 0.5) is 0 Å². The first kappa shape index (κ1) is 15.9. The van der Waals surface area contributed by atoms with Gasteiger partial charge in [-0.3, -0.25) is 9.59 Å². The molecule has 1 atom stereocenters. The molecule has 0 aromatic rings. The Hall–Kier alpha value is -1.10. The smallest absolute Gasteiger partial charge is 0.241 e. The summed E-state index contributed by atoms with van der Waals surface area (Å²) >= 11 is 0. The normalized spacial score (nSPS) is 12.1. The fraction of sp³-hybridized carbons (Fsp3) is 0.833. The zero-order chi connectivity index (χ0) is 13.4. The van der Waals surface area contributed by atoms with Crippen LogP contribution in [0.1, 0.15) is 33.1 Å². The minimum absolute atomic E-state index is 0.0807. The van der Waals surface area contributed by atoms with Crippen molar-refractivity contribution < 1.29 is 9.59 Å². The van der Waals surface area contributed by atoms with E-state index in [0.29, 0.717) is 13.0 Å². The van der Waals surface area contributed by atoms with E-state index in [9.17, 15) is 9.59 Å². The van der Waals surface area contributed by atoms with Gasteiger partial charge in [-0.15, -0.1) is 0 Å². The maximum Gasteiger partial charge on any atom is 0.241 e. The molecule has 0 spiro atoms. The molecule has 0 aliphatic rings. The monoisotopic (exact) mass is 243 g/mol. The summed E-state index contributed by atoms with van der Waals surface area (Å²) in [5.74, 6) is -0.209. The van der Waals surface area contributed by atoms with Crippen molar-refractivity contribution in [1.29, 1.82) is 0 Å². The molecule has 5 nitrogen and oxygen atoms in total. The van der Waals surface area contributed by atoms with Gasteiger partial charge in [0.05, 0.1) is 12.6 Å². The van der Waals surface area contributed by atoms with Gasteiger partial charge in [-0.05, 0) is 13.3 Å². The second-order valence-corrected chi connectivity index (χ2v) is 4.39. The second kappa shape index (κ2) is 8.06. The average molecular weight is 243 g/mol. The Labute approximate surface area is 104 Å². The van der Waals surface area contributed by atoms with Gasteiger partial charge in [0.25, 0.3) is 0 Å². The fourth-order valence-electron chi connectivity index (χ4n) is 1.43. The molecule has 0 aliphatic heterocycles. The molecular formula is C12H25N3O2. The van der Waals surface area contributed by atoms with Crippen molar-refractivity contribution >= 4 is 11.8 Å². The molecule has 5 heteroatoms. The maximum atomic E-state index is 12.0. The van der Waals surface area contributed by atoms with E-state index >= 15 is 0 Å². The Bertz CT molecular complexity index is 254. The topological polar surface area (TPSA) is 66.6 Å². The van der Waals surface area contributed by atoms with Gasteiger partial charge in [0.15, 0.2) is 0 Å². The van der Waals surface area contributed by atoms with Crippen molar-refractivity contribution in [2.45, 2.75) is 39.2 Å². The highest BCUT2D eigenvalue weighted by atomic mass is 16.2. The van der Waals surface area contributed by atoms with E-state index in [1.807, 2.05) is 6.92 Å². The van der Waals surface area contributed by atoms with E-state index in [2.05, 4.69) is 6.92 Å². The highest BCUT2D eigenvalue weighted by Crippen LogP contribution is 2.03. The zero-order valence-electron chi connectivity index (χ0n) is 11.4. The summed E-state index contributed by atoms with van der Waals surface area (Å²) in [5, 5.41) is 0. The lowest BCUT2D eigenvalue weighted by Crippen LogP contribution is -2.47. The van der Waals surface area contributed by atoms with Gasteiger partial charge in [-0.2, -0.15) is 0 Å². The minimum atomic E-state index is -0.482. The molecule has 17 heavy (non-hydrogen) atoms. The molecule has 0 bridgehead atoms. The number of hydrogen-bond acceptors (Lipinski definition) is 3. The number of nitrogens with two attached hydrogens (primary N) is 1. The molecule has 2 amide bonds. The predicted octanol–water partition coefficient (Wildman–Crippen LogP) is 0.441. The summed E-state index contributed by atoms with van der Waals surface area (Å²) < 4.78 is 0. The van der Waals surface area contributed by atoms with Crippen molar-refractivity contribution in [1.82, 2.24) is 9.80 Å². The predicted molar refractivity (Wildman–Crippen MR) is 68.4 cm³/mol. The highest BCUT2D eigenvalue weighted by molar-refractivity contribution is 5.87. The molecule has 0 aromatic carbocycles. The van der Waals surface area contributed by atoms with Crippen molar-refractivity contribution in [3.8, 4) is 0 Å². The van der Waals surface area contributed by atoms with Crippen LogP contribution < -0.4 is 5.73 Å². The number of amides is 2. The van der Waals surface area contributed by atoms with E-state index in [1.54, 1.807) is 14.1 Å². The Kier molecular flexibility index (Phi) is 7.54. The van der Waals surface area contributed by atoms with Crippen molar-refractivity contribution in [2.24, 2.45) is 5.73 Å². The van der Waals surface area contributed by atoms with Crippen LogP contribution in [0.2, 0.25) is 0 Å². The van der Waals surface area contributed by atoms with E-state index in [4.69, 9.17) is 5.73 Å². The van der Waals surface area contributed by atoms with Gasteiger partial charge in [0.2, 0.25) is 11.8 Å². The number of carbonyl (C=O) groups is 2. The molecule has 100 valence electrons. The van der Waals surface area contributed by atoms with Crippen LogP contribution in [0.25, 0.3) is 0 Å². The number of carbonyl (C=O) groups excluding carboxylic acids is 2. The summed E-state index contributed by atoms with van der Waals surface area (Å²) in [5.41, 5.74) is 5.82. The standard InChI is InChI=1S/C12H25N3O2/c1-5-7-8-10(13)12(17)15(6-2)9-11(16)14(3)4/h10H,5-9,13H2,1-4H3. The van der Waals surface area contributed by atoms with Crippen LogP contribution in [0, 0.1) is 0 Å². The van der Waals surface area contributed by atoms with E-state index < -0.39 is 6.04 Å². The SMILES string of the molecule is CCCCC(N)C(=O)N(CC)CC(=O)N(C)C.